The molecule has 0 saturated carbocycles. The van der Waals surface area contributed by atoms with E-state index < -0.39 is 0 Å². The normalized spacial score (nSPS) is 13.0. The highest BCUT2D eigenvalue weighted by Crippen LogP contribution is 2.23. The molecule has 2 heterocycles. The van der Waals surface area contributed by atoms with E-state index in [1.165, 1.54) is 0 Å². The van der Waals surface area contributed by atoms with E-state index >= 15 is 0 Å². The number of hydrogen-bond acceptors (Lipinski definition) is 4. The van der Waals surface area contributed by atoms with Crippen molar-refractivity contribution in [2.24, 2.45) is 4.99 Å². The zero-order valence-electron chi connectivity index (χ0n) is 14.1. The average molecular weight is 339 g/mol. The first-order valence-corrected chi connectivity index (χ1v) is 8.91. The molecule has 2 aromatic heterocycles. The highest BCUT2D eigenvalue weighted by atomic mass is 32.1. The highest BCUT2D eigenvalue weighted by molar-refractivity contribution is 7.13. The molecule has 6 heteroatoms. The molecule has 0 unspecified atom stereocenters. The van der Waals surface area contributed by atoms with E-state index in [1.807, 2.05) is 36.6 Å². The minimum absolute atomic E-state index is 0.217. The maximum absolute atomic E-state index is 4.74. The van der Waals surface area contributed by atoms with Crippen molar-refractivity contribution < 1.29 is 0 Å². The number of anilines is 2. The van der Waals surface area contributed by atoms with Gasteiger partial charge < -0.3 is 10.6 Å². The van der Waals surface area contributed by atoms with Crippen molar-refractivity contribution in [3.05, 3.63) is 47.6 Å². The number of nitrogens with one attached hydrogen (secondary N) is 2. The van der Waals surface area contributed by atoms with Crippen molar-refractivity contribution in [2.75, 3.05) is 10.6 Å². The van der Waals surface area contributed by atoms with E-state index in [2.05, 4.69) is 40.5 Å². The summed E-state index contributed by atoms with van der Waals surface area (Å²) in [6.07, 6.45) is 2.75. The van der Waals surface area contributed by atoms with Crippen molar-refractivity contribution in [1.82, 2.24) is 9.97 Å². The van der Waals surface area contributed by atoms with Crippen LogP contribution in [0.5, 0.6) is 0 Å². The molecular formula is C18H21N5S. The number of benzene rings is 1. The van der Waals surface area contributed by atoms with Gasteiger partial charge in [0.25, 0.3) is 0 Å². The van der Waals surface area contributed by atoms with Gasteiger partial charge in [-0.15, -0.1) is 11.3 Å². The Balaban J connectivity index is 1.96. The lowest BCUT2D eigenvalue weighted by molar-refractivity contribution is 0.717. The molecule has 5 nitrogen and oxygen atoms in total. The van der Waals surface area contributed by atoms with Crippen LogP contribution in [0.1, 0.15) is 26.0 Å². The van der Waals surface area contributed by atoms with E-state index in [0.29, 0.717) is 5.96 Å². The van der Waals surface area contributed by atoms with Crippen LogP contribution in [-0.4, -0.2) is 22.0 Å². The van der Waals surface area contributed by atoms with Gasteiger partial charge in [0.1, 0.15) is 0 Å². The van der Waals surface area contributed by atoms with E-state index in [1.54, 1.807) is 17.5 Å². The molecule has 0 aliphatic rings. The van der Waals surface area contributed by atoms with Gasteiger partial charge >= 0.3 is 0 Å². The molecule has 0 aliphatic heterocycles. The number of hydrogen-bond donors (Lipinski definition) is 2. The minimum atomic E-state index is 0.217. The lowest BCUT2D eigenvalue weighted by Gasteiger charge is -2.15. The highest BCUT2D eigenvalue weighted by Gasteiger charge is 2.09. The SMILES string of the molecule is CC[C@@H](C)N=C(Nc1nccs1)Nc1cc(C)nc2ccccc12. The quantitative estimate of drug-likeness (QED) is 0.535. The van der Waals surface area contributed by atoms with Crippen LogP contribution in [0.3, 0.4) is 0 Å². The van der Waals surface area contributed by atoms with Gasteiger partial charge in [0, 0.05) is 22.7 Å². The standard InChI is InChI=1S/C18H21N5S/c1-4-12(2)21-17(23-18-19-9-10-24-18)22-16-11-13(3)20-15-8-6-5-7-14(15)16/h5-12H,4H2,1-3H3,(H2,19,20,21,22,23)/t12-/m1/s1. The Morgan fingerprint density at radius 3 is 2.88 bits per heavy atom. The number of guanidine groups is 1. The summed E-state index contributed by atoms with van der Waals surface area (Å²) in [5, 5.41) is 10.5. The monoisotopic (exact) mass is 339 g/mol. The Kier molecular flexibility index (Phi) is 5.05. The van der Waals surface area contributed by atoms with Crippen molar-refractivity contribution in [2.45, 2.75) is 33.2 Å². The summed E-state index contributed by atoms with van der Waals surface area (Å²) in [5.41, 5.74) is 2.93. The summed E-state index contributed by atoms with van der Waals surface area (Å²) >= 11 is 1.55. The zero-order chi connectivity index (χ0) is 16.9. The number of rotatable bonds is 4. The molecule has 1 aromatic carbocycles. The van der Waals surface area contributed by atoms with Crippen molar-refractivity contribution in [3.63, 3.8) is 0 Å². The minimum Gasteiger partial charge on any atom is -0.325 e. The Hall–Kier alpha value is -2.47. The Bertz CT molecular complexity index is 842. The Morgan fingerprint density at radius 1 is 1.29 bits per heavy atom. The number of aromatic nitrogens is 2. The number of aryl methyl sites for hydroxylation is 1. The number of aliphatic imine (C=N–C) groups is 1. The predicted molar refractivity (Wildman–Crippen MR) is 103 cm³/mol. The summed E-state index contributed by atoms with van der Waals surface area (Å²) < 4.78 is 0. The van der Waals surface area contributed by atoms with Crippen LogP contribution in [-0.2, 0) is 0 Å². The Labute approximate surface area is 145 Å². The summed E-state index contributed by atoms with van der Waals surface area (Å²) in [6, 6.07) is 10.4. The third-order valence-electron chi connectivity index (χ3n) is 3.70. The van der Waals surface area contributed by atoms with Crippen LogP contribution < -0.4 is 10.6 Å². The molecule has 1 atom stereocenters. The molecule has 0 fully saturated rings. The van der Waals surface area contributed by atoms with E-state index in [9.17, 15) is 0 Å². The van der Waals surface area contributed by atoms with Crippen molar-refractivity contribution in [3.8, 4) is 0 Å². The van der Waals surface area contributed by atoms with Crippen LogP contribution in [0.4, 0.5) is 10.8 Å². The van der Waals surface area contributed by atoms with Crippen LogP contribution in [0, 0.1) is 6.92 Å². The predicted octanol–water partition coefficient (Wildman–Crippen LogP) is 4.68. The van der Waals surface area contributed by atoms with Gasteiger partial charge in [0.05, 0.1) is 17.2 Å². The van der Waals surface area contributed by atoms with E-state index in [4.69, 9.17) is 4.99 Å². The number of nitrogens with zero attached hydrogens (tertiary/aromatic N) is 3. The molecule has 0 amide bonds. The van der Waals surface area contributed by atoms with Crippen molar-refractivity contribution in [1.29, 1.82) is 0 Å². The molecule has 24 heavy (non-hydrogen) atoms. The van der Waals surface area contributed by atoms with Gasteiger partial charge in [-0.25, -0.2) is 9.98 Å². The van der Waals surface area contributed by atoms with Gasteiger partial charge in [0.2, 0.25) is 5.96 Å². The second kappa shape index (κ2) is 7.40. The Morgan fingerprint density at radius 2 is 2.12 bits per heavy atom. The summed E-state index contributed by atoms with van der Waals surface area (Å²) in [5.74, 6) is 0.704. The maximum atomic E-state index is 4.74. The van der Waals surface area contributed by atoms with Crippen LogP contribution >= 0.6 is 11.3 Å². The molecule has 3 rings (SSSR count). The second-order valence-electron chi connectivity index (χ2n) is 5.65. The molecule has 0 spiro atoms. The third-order valence-corrected chi connectivity index (χ3v) is 4.38. The summed E-state index contributed by atoms with van der Waals surface area (Å²) in [7, 11) is 0. The number of pyridine rings is 1. The zero-order valence-corrected chi connectivity index (χ0v) is 14.9. The molecular weight excluding hydrogens is 318 g/mol. The molecule has 3 aromatic rings. The third kappa shape index (κ3) is 3.89. The number of thiazole rings is 1. The largest absolute Gasteiger partial charge is 0.325 e. The second-order valence-corrected chi connectivity index (χ2v) is 6.55. The molecule has 0 saturated heterocycles. The number of para-hydroxylation sites is 1. The summed E-state index contributed by atoms with van der Waals surface area (Å²) in [4.78, 5) is 13.6. The van der Waals surface area contributed by atoms with Gasteiger partial charge in [0.15, 0.2) is 5.13 Å². The first kappa shape index (κ1) is 16.4. The first-order chi connectivity index (χ1) is 11.7. The van der Waals surface area contributed by atoms with Crippen molar-refractivity contribution >= 4 is 39.0 Å². The average Bonchev–Trinajstić information content (AvgIpc) is 3.07. The van der Waals surface area contributed by atoms with Gasteiger partial charge in [-0.2, -0.15) is 0 Å². The first-order valence-electron chi connectivity index (χ1n) is 8.03. The lowest BCUT2D eigenvalue weighted by atomic mass is 10.1. The fourth-order valence-corrected chi connectivity index (χ4v) is 2.86. The fraction of sp³-hybridized carbons (Fsp3) is 0.278. The number of fused-ring (bicyclic) bond motifs is 1. The van der Waals surface area contributed by atoms with Gasteiger partial charge in [-0.05, 0) is 32.4 Å². The summed E-state index contributed by atoms with van der Waals surface area (Å²) in [6.45, 7) is 6.22. The van der Waals surface area contributed by atoms with Crippen LogP contribution in [0.25, 0.3) is 10.9 Å². The topological polar surface area (TPSA) is 62.2 Å². The van der Waals surface area contributed by atoms with E-state index in [-0.39, 0.29) is 6.04 Å². The fourth-order valence-electron chi connectivity index (χ4n) is 2.33. The smallest absolute Gasteiger partial charge is 0.202 e. The maximum Gasteiger partial charge on any atom is 0.202 e. The van der Waals surface area contributed by atoms with Gasteiger partial charge in [-0.1, -0.05) is 25.1 Å². The molecule has 0 bridgehead atoms. The lowest BCUT2D eigenvalue weighted by Crippen LogP contribution is -2.24. The van der Waals surface area contributed by atoms with Crippen LogP contribution in [0.15, 0.2) is 46.9 Å². The van der Waals surface area contributed by atoms with E-state index in [0.717, 1.165) is 33.8 Å². The van der Waals surface area contributed by atoms with Gasteiger partial charge in [-0.3, -0.25) is 4.98 Å². The molecule has 0 aliphatic carbocycles. The molecule has 2 N–H and O–H groups in total. The van der Waals surface area contributed by atoms with Crippen LogP contribution in [0.2, 0.25) is 0 Å². The molecule has 124 valence electrons. The molecule has 0 radical (unpaired) electrons.